The lowest BCUT2D eigenvalue weighted by atomic mass is 9.89. The first kappa shape index (κ1) is 12.4. The van der Waals surface area contributed by atoms with Gasteiger partial charge in [-0.15, -0.1) is 0 Å². The Kier molecular flexibility index (Phi) is 4.99. The van der Waals surface area contributed by atoms with Crippen molar-refractivity contribution in [2.75, 3.05) is 6.54 Å². The lowest BCUT2D eigenvalue weighted by Gasteiger charge is -2.22. The Labute approximate surface area is 81.1 Å². The maximum Gasteiger partial charge on any atom is 0.220 e. The van der Waals surface area contributed by atoms with Crippen LogP contribution < -0.4 is 11.1 Å². The summed E-state index contributed by atoms with van der Waals surface area (Å²) < 4.78 is 0. The minimum Gasteiger partial charge on any atom is -0.354 e. The second-order valence-electron chi connectivity index (χ2n) is 4.42. The zero-order valence-corrected chi connectivity index (χ0v) is 9.18. The molecule has 0 aliphatic carbocycles. The van der Waals surface area contributed by atoms with Gasteiger partial charge in [-0.3, -0.25) is 4.79 Å². The zero-order chi connectivity index (χ0) is 10.5. The van der Waals surface area contributed by atoms with Crippen molar-refractivity contribution < 1.29 is 4.79 Å². The van der Waals surface area contributed by atoms with Gasteiger partial charge in [-0.2, -0.15) is 0 Å². The van der Waals surface area contributed by atoms with Gasteiger partial charge < -0.3 is 11.1 Å². The maximum absolute atomic E-state index is 11.4. The Hall–Kier alpha value is -0.570. The highest BCUT2D eigenvalue weighted by atomic mass is 16.1. The molecule has 3 nitrogen and oxygen atoms in total. The van der Waals surface area contributed by atoms with E-state index in [2.05, 4.69) is 12.2 Å². The Morgan fingerprint density at radius 2 is 2.08 bits per heavy atom. The highest BCUT2D eigenvalue weighted by Gasteiger charge is 2.20. The largest absolute Gasteiger partial charge is 0.354 e. The Balaban J connectivity index is 3.87. The van der Waals surface area contributed by atoms with Gasteiger partial charge in [-0.05, 0) is 25.3 Å². The van der Waals surface area contributed by atoms with E-state index in [1.165, 1.54) is 0 Å². The fraction of sp³-hybridized carbons (Fsp3) is 0.900. The molecule has 0 spiro atoms. The van der Waals surface area contributed by atoms with E-state index in [-0.39, 0.29) is 17.4 Å². The molecule has 78 valence electrons. The molecule has 3 N–H and O–H groups in total. The molecular weight excluding hydrogens is 164 g/mol. The van der Waals surface area contributed by atoms with Gasteiger partial charge in [0.05, 0.1) is 0 Å². The van der Waals surface area contributed by atoms with Gasteiger partial charge in [0.1, 0.15) is 0 Å². The van der Waals surface area contributed by atoms with Crippen molar-refractivity contribution in [2.45, 2.75) is 46.6 Å². The maximum atomic E-state index is 11.4. The van der Waals surface area contributed by atoms with Crippen LogP contribution in [0.2, 0.25) is 0 Å². The van der Waals surface area contributed by atoms with Crippen molar-refractivity contribution in [1.29, 1.82) is 0 Å². The predicted octanol–water partition coefficient (Wildman–Crippen LogP) is 1.28. The number of hydrogen-bond acceptors (Lipinski definition) is 2. The van der Waals surface area contributed by atoms with Gasteiger partial charge in [0, 0.05) is 12.5 Å². The zero-order valence-electron chi connectivity index (χ0n) is 9.18. The summed E-state index contributed by atoms with van der Waals surface area (Å²) in [7, 11) is 0. The fourth-order valence-electron chi connectivity index (χ4n) is 0.935. The normalized spacial score (nSPS) is 13.9. The fourth-order valence-corrected chi connectivity index (χ4v) is 0.935. The second-order valence-corrected chi connectivity index (χ2v) is 4.42. The third-order valence-corrected chi connectivity index (χ3v) is 2.21. The molecule has 0 rings (SSSR count). The Morgan fingerprint density at radius 3 is 2.46 bits per heavy atom. The highest BCUT2D eigenvalue weighted by molar-refractivity contribution is 5.76. The van der Waals surface area contributed by atoms with Gasteiger partial charge in [-0.1, -0.05) is 20.8 Å². The van der Waals surface area contributed by atoms with Crippen molar-refractivity contribution in [1.82, 2.24) is 5.32 Å². The van der Waals surface area contributed by atoms with Crippen molar-refractivity contribution in [3.63, 3.8) is 0 Å². The van der Waals surface area contributed by atoms with Crippen LogP contribution in [0, 0.1) is 5.41 Å². The van der Waals surface area contributed by atoms with E-state index in [1.54, 1.807) is 0 Å². The molecular formula is C10H22N2O. The molecule has 0 aliphatic heterocycles. The molecule has 0 fully saturated rings. The molecule has 0 saturated heterocycles. The van der Waals surface area contributed by atoms with Crippen LogP contribution in [0.15, 0.2) is 0 Å². The van der Waals surface area contributed by atoms with E-state index in [0.29, 0.717) is 13.0 Å². The van der Waals surface area contributed by atoms with Crippen LogP contribution in [0.3, 0.4) is 0 Å². The van der Waals surface area contributed by atoms with E-state index in [1.807, 2.05) is 20.8 Å². The molecule has 0 radical (unpaired) electrons. The first-order valence-corrected chi connectivity index (χ1v) is 4.90. The van der Waals surface area contributed by atoms with Crippen LogP contribution >= 0.6 is 0 Å². The summed E-state index contributed by atoms with van der Waals surface area (Å²) >= 11 is 0. The minimum absolute atomic E-state index is 0.0858. The summed E-state index contributed by atoms with van der Waals surface area (Å²) in [5, 5.41) is 2.93. The summed E-state index contributed by atoms with van der Waals surface area (Å²) in [6.07, 6.45) is 1.47. The monoisotopic (exact) mass is 186 g/mol. The Morgan fingerprint density at radius 1 is 1.54 bits per heavy atom. The van der Waals surface area contributed by atoms with E-state index in [0.717, 1.165) is 6.42 Å². The molecule has 3 heteroatoms. The average molecular weight is 186 g/mol. The SMILES string of the molecule is CCC(C)NC(=O)CC(C)(C)CN. The molecule has 0 aromatic rings. The van der Waals surface area contributed by atoms with Crippen molar-refractivity contribution in [3.8, 4) is 0 Å². The summed E-state index contributed by atoms with van der Waals surface area (Å²) in [6, 6.07) is 0.265. The quantitative estimate of drug-likeness (QED) is 0.679. The molecule has 0 bridgehead atoms. The number of nitrogens with one attached hydrogen (secondary N) is 1. The van der Waals surface area contributed by atoms with Gasteiger partial charge in [-0.25, -0.2) is 0 Å². The van der Waals surface area contributed by atoms with E-state index < -0.39 is 0 Å². The molecule has 0 aromatic heterocycles. The van der Waals surface area contributed by atoms with E-state index in [4.69, 9.17) is 5.73 Å². The summed E-state index contributed by atoms with van der Waals surface area (Å²) in [5.74, 6) is 0.102. The summed E-state index contributed by atoms with van der Waals surface area (Å²) in [5.41, 5.74) is 5.45. The number of amides is 1. The smallest absolute Gasteiger partial charge is 0.220 e. The molecule has 0 saturated carbocycles. The molecule has 0 aromatic carbocycles. The van der Waals surface area contributed by atoms with Crippen LogP contribution in [0.1, 0.15) is 40.5 Å². The van der Waals surface area contributed by atoms with Crippen molar-refractivity contribution in [2.24, 2.45) is 11.1 Å². The summed E-state index contributed by atoms with van der Waals surface area (Å²) in [6.45, 7) is 8.61. The molecule has 1 atom stereocenters. The standard InChI is InChI=1S/C10H22N2O/c1-5-8(2)12-9(13)6-10(3,4)7-11/h8H,5-7,11H2,1-4H3,(H,12,13). The second kappa shape index (κ2) is 5.22. The number of hydrogen-bond donors (Lipinski definition) is 2. The molecule has 0 heterocycles. The first-order valence-electron chi connectivity index (χ1n) is 4.90. The van der Waals surface area contributed by atoms with Crippen LogP contribution in [-0.2, 0) is 4.79 Å². The molecule has 0 aliphatic rings. The third kappa shape index (κ3) is 5.64. The number of carbonyl (C=O) groups is 1. The highest BCUT2D eigenvalue weighted by Crippen LogP contribution is 2.17. The predicted molar refractivity (Wildman–Crippen MR) is 55.3 cm³/mol. The van der Waals surface area contributed by atoms with Crippen LogP contribution in [0.5, 0.6) is 0 Å². The lowest BCUT2D eigenvalue weighted by Crippen LogP contribution is -2.37. The summed E-state index contributed by atoms with van der Waals surface area (Å²) in [4.78, 5) is 11.4. The molecule has 13 heavy (non-hydrogen) atoms. The number of rotatable bonds is 5. The topological polar surface area (TPSA) is 55.1 Å². The lowest BCUT2D eigenvalue weighted by molar-refractivity contribution is -0.123. The van der Waals surface area contributed by atoms with Gasteiger partial charge >= 0.3 is 0 Å². The first-order chi connectivity index (χ1) is 5.91. The number of carbonyl (C=O) groups excluding carboxylic acids is 1. The number of nitrogens with two attached hydrogens (primary N) is 1. The molecule has 1 unspecified atom stereocenters. The van der Waals surface area contributed by atoms with Crippen molar-refractivity contribution in [3.05, 3.63) is 0 Å². The van der Waals surface area contributed by atoms with Crippen molar-refractivity contribution >= 4 is 5.91 Å². The Bertz CT molecular complexity index is 166. The van der Waals surface area contributed by atoms with E-state index >= 15 is 0 Å². The molecule has 1 amide bonds. The minimum atomic E-state index is -0.0858. The van der Waals surface area contributed by atoms with Gasteiger partial charge in [0.25, 0.3) is 0 Å². The van der Waals surface area contributed by atoms with E-state index in [9.17, 15) is 4.79 Å². The average Bonchev–Trinajstić information content (AvgIpc) is 2.03. The van der Waals surface area contributed by atoms with Gasteiger partial charge in [0.15, 0.2) is 0 Å². The van der Waals surface area contributed by atoms with Crippen LogP contribution in [0.4, 0.5) is 0 Å². The third-order valence-electron chi connectivity index (χ3n) is 2.21. The van der Waals surface area contributed by atoms with Crippen LogP contribution in [0.25, 0.3) is 0 Å². The van der Waals surface area contributed by atoms with Gasteiger partial charge in [0.2, 0.25) is 5.91 Å². The van der Waals surface area contributed by atoms with Crippen LogP contribution in [-0.4, -0.2) is 18.5 Å².